The summed E-state index contributed by atoms with van der Waals surface area (Å²) in [5.74, 6) is 1.43. The van der Waals surface area contributed by atoms with Crippen molar-refractivity contribution >= 4 is 16.8 Å². The molecule has 0 saturated carbocycles. The minimum Gasteiger partial charge on any atom is -0.363 e. The SMILES string of the molecule is C=C1/C=C(c2nc(-c3ccc(C#N)cc3)nc(-c3ccc(C#N)cc3)n2)\C=C2/CN(C/C(=C\C)C1(c1ccccc1)c1ccccc1)c1ccccc12. The van der Waals surface area contributed by atoms with E-state index in [2.05, 4.69) is 115 Å². The molecule has 0 saturated heterocycles. The summed E-state index contributed by atoms with van der Waals surface area (Å²) in [6.07, 6.45) is 6.60. The molecular formula is C47H34N6. The topological polar surface area (TPSA) is 89.5 Å². The highest BCUT2D eigenvalue weighted by Crippen LogP contribution is 2.49. The molecule has 2 aliphatic heterocycles. The molecule has 2 bridgehead atoms. The van der Waals surface area contributed by atoms with Crippen molar-refractivity contribution in [3.8, 4) is 34.9 Å². The van der Waals surface area contributed by atoms with Crippen molar-refractivity contribution in [2.45, 2.75) is 12.3 Å². The highest BCUT2D eigenvalue weighted by atomic mass is 15.2. The summed E-state index contributed by atoms with van der Waals surface area (Å²) in [7, 11) is 0. The van der Waals surface area contributed by atoms with E-state index in [0.29, 0.717) is 41.7 Å². The van der Waals surface area contributed by atoms with Crippen molar-refractivity contribution in [2.24, 2.45) is 0 Å². The van der Waals surface area contributed by atoms with Crippen molar-refractivity contribution in [1.29, 1.82) is 10.5 Å². The van der Waals surface area contributed by atoms with E-state index < -0.39 is 5.41 Å². The molecule has 8 rings (SSSR count). The molecule has 3 heterocycles. The van der Waals surface area contributed by atoms with Crippen LogP contribution in [-0.4, -0.2) is 28.0 Å². The van der Waals surface area contributed by atoms with Crippen molar-refractivity contribution in [3.63, 3.8) is 0 Å². The monoisotopic (exact) mass is 682 g/mol. The Hall–Kier alpha value is -7.15. The van der Waals surface area contributed by atoms with Gasteiger partial charge in [-0.3, -0.25) is 0 Å². The predicted octanol–water partition coefficient (Wildman–Crippen LogP) is 9.74. The van der Waals surface area contributed by atoms with Crippen LogP contribution in [0.15, 0.2) is 169 Å². The van der Waals surface area contributed by atoms with E-state index in [1.165, 1.54) is 16.8 Å². The minimum absolute atomic E-state index is 0.473. The van der Waals surface area contributed by atoms with Crippen LogP contribution in [0.25, 0.3) is 33.9 Å². The van der Waals surface area contributed by atoms with Crippen LogP contribution in [0.1, 0.15) is 40.6 Å². The van der Waals surface area contributed by atoms with Gasteiger partial charge in [-0.1, -0.05) is 91.5 Å². The van der Waals surface area contributed by atoms with Gasteiger partial charge in [0.05, 0.1) is 28.7 Å². The largest absolute Gasteiger partial charge is 0.363 e. The first-order chi connectivity index (χ1) is 26.0. The molecule has 0 radical (unpaired) electrons. The smallest absolute Gasteiger partial charge is 0.164 e. The predicted molar refractivity (Wildman–Crippen MR) is 211 cm³/mol. The Morgan fingerprint density at radius 2 is 1.13 bits per heavy atom. The average molecular weight is 683 g/mol. The molecule has 53 heavy (non-hydrogen) atoms. The van der Waals surface area contributed by atoms with Crippen LogP contribution >= 0.6 is 0 Å². The molecule has 1 aromatic heterocycles. The molecular weight excluding hydrogens is 649 g/mol. The lowest BCUT2D eigenvalue weighted by Crippen LogP contribution is -2.38. The Labute approximate surface area is 309 Å². The number of aromatic nitrogens is 3. The van der Waals surface area contributed by atoms with Crippen LogP contribution in [0, 0.1) is 22.7 Å². The van der Waals surface area contributed by atoms with E-state index in [4.69, 9.17) is 21.5 Å². The fraction of sp³-hybridized carbons (Fsp3) is 0.0851. The second-order valence-electron chi connectivity index (χ2n) is 13.1. The number of anilines is 1. The Morgan fingerprint density at radius 3 is 1.66 bits per heavy atom. The molecule has 0 N–H and O–H groups in total. The number of nitrogens with zero attached hydrogens (tertiary/aromatic N) is 6. The molecule has 0 fully saturated rings. The molecule has 0 spiro atoms. The second kappa shape index (κ2) is 13.9. The van der Waals surface area contributed by atoms with E-state index in [0.717, 1.165) is 39.0 Å². The van der Waals surface area contributed by atoms with Gasteiger partial charge < -0.3 is 4.90 Å². The maximum absolute atomic E-state index is 9.49. The van der Waals surface area contributed by atoms with Crippen LogP contribution in [-0.2, 0) is 5.41 Å². The Kier molecular flexibility index (Phi) is 8.64. The first-order valence-corrected chi connectivity index (χ1v) is 17.5. The van der Waals surface area contributed by atoms with Crippen LogP contribution < -0.4 is 4.90 Å². The van der Waals surface area contributed by atoms with Crippen molar-refractivity contribution in [3.05, 3.63) is 203 Å². The van der Waals surface area contributed by atoms with Crippen LogP contribution in [0.4, 0.5) is 5.69 Å². The molecule has 6 aromatic rings. The fourth-order valence-corrected chi connectivity index (χ4v) is 7.59. The standard InChI is InChI=1S/C47H34N6/c1-3-39-31-53-30-38(42-16-10-11-17-43(42)53)27-37(26-32(2)47(39,40-12-6-4-7-13-40)41-14-8-5-9-15-41)46-51-44(35-22-18-33(28-48)19-23-35)50-45(52-46)36-24-20-34(29-49)21-25-36/h3-27H,2,30-31H2,1H3/b37-26+,38-27+,39-3+. The van der Waals surface area contributed by atoms with Crippen LogP contribution in [0.3, 0.4) is 0 Å². The number of rotatable bonds is 5. The second-order valence-corrected chi connectivity index (χ2v) is 13.1. The van der Waals surface area contributed by atoms with E-state index in [9.17, 15) is 10.5 Å². The molecule has 2 aliphatic rings. The lowest BCUT2D eigenvalue weighted by atomic mass is 9.64. The molecule has 0 atom stereocenters. The van der Waals surface area contributed by atoms with Gasteiger partial charge in [0, 0.05) is 41.0 Å². The number of allylic oxidation sites excluding steroid dienone is 5. The zero-order valence-electron chi connectivity index (χ0n) is 29.2. The third-order valence-corrected chi connectivity index (χ3v) is 10.1. The summed E-state index contributed by atoms with van der Waals surface area (Å²) in [5.41, 5.74) is 10.5. The normalized spacial score (nSPS) is 17.5. The Balaban J connectivity index is 1.43. The molecule has 0 unspecified atom stereocenters. The van der Waals surface area contributed by atoms with Crippen molar-refractivity contribution < 1.29 is 0 Å². The highest BCUT2D eigenvalue weighted by Gasteiger charge is 2.42. The third-order valence-electron chi connectivity index (χ3n) is 10.1. The molecule has 252 valence electrons. The summed E-state index contributed by atoms with van der Waals surface area (Å²) >= 11 is 0. The zero-order chi connectivity index (χ0) is 36.4. The van der Waals surface area contributed by atoms with Crippen LogP contribution in [0.5, 0.6) is 0 Å². The molecule has 0 amide bonds. The van der Waals surface area contributed by atoms with Gasteiger partial charge in [0.2, 0.25) is 0 Å². The summed E-state index contributed by atoms with van der Waals surface area (Å²) in [6.45, 7) is 8.42. The fourth-order valence-electron chi connectivity index (χ4n) is 7.59. The number of fused-ring (bicyclic) bond motifs is 5. The molecule has 5 aromatic carbocycles. The van der Waals surface area contributed by atoms with E-state index in [1.807, 2.05) is 36.4 Å². The Bertz CT molecular complexity index is 2420. The number of nitriles is 2. The number of hydrogen-bond donors (Lipinski definition) is 0. The number of benzene rings is 5. The molecule has 6 nitrogen and oxygen atoms in total. The minimum atomic E-state index is -0.718. The third kappa shape index (κ3) is 5.93. The summed E-state index contributed by atoms with van der Waals surface area (Å²) < 4.78 is 0. The lowest BCUT2D eigenvalue weighted by Gasteiger charge is -2.41. The quantitative estimate of drug-likeness (QED) is 0.168. The molecule has 0 aliphatic carbocycles. The van der Waals surface area contributed by atoms with Gasteiger partial charge >= 0.3 is 0 Å². The van der Waals surface area contributed by atoms with Crippen molar-refractivity contribution in [1.82, 2.24) is 15.0 Å². The van der Waals surface area contributed by atoms with Gasteiger partial charge in [0.1, 0.15) is 0 Å². The van der Waals surface area contributed by atoms with Crippen LogP contribution in [0.2, 0.25) is 0 Å². The average Bonchev–Trinajstić information content (AvgIpc) is 3.56. The summed E-state index contributed by atoms with van der Waals surface area (Å²) in [4.78, 5) is 17.6. The van der Waals surface area contributed by atoms with Gasteiger partial charge in [-0.25, -0.2) is 15.0 Å². The number of hydrogen-bond acceptors (Lipinski definition) is 6. The Morgan fingerprint density at radius 1 is 0.623 bits per heavy atom. The maximum atomic E-state index is 9.49. The lowest BCUT2D eigenvalue weighted by molar-refractivity contribution is 0.692. The van der Waals surface area contributed by atoms with Gasteiger partial charge in [0.15, 0.2) is 17.5 Å². The van der Waals surface area contributed by atoms with E-state index in [-0.39, 0.29) is 0 Å². The van der Waals surface area contributed by atoms with Gasteiger partial charge in [0.25, 0.3) is 0 Å². The van der Waals surface area contributed by atoms with Gasteiger partial charge in [-0.05, 0) is 102 Å². The van der Waals surface area contributed by atoms with Gasteiger partial charge in [-0.15, -0.1) is 0 Å². The maximum Gasteiger partial charge on any atom is 0.164 e. The number of para-hydroxylation sites is 1. The summed E-state index contributed by atoms with van der Waals surface area (Å²) in [5, 5.41) is 19.0. The van der Waals surface area contributed by atoms with Crippen molar-refractivity contribution in [2.75, 3.05) is 18.0 Å². The molecule has 6 heteroatoms. The first-order valence-electron chi connectivity index (χ1n) is 17.5. The van der Waals surface area contributed by atoms with Gasteiger partial charge in [-0.2, -0.15) is 10.5 Å². The highest BCUT2D eigenvalue weighted by molar-refractivity contribution is 5.93. The van der Waals surface area contributed by atoms with E-state index >= 15 is 0 Å². The first kappa shape index (κ1) is 33.0. The van der Waals surface area contributed by atoms with E-state index in [1.54, 1.807) is 24.3 Å². The zero-order valence-corrected chi connectivity index (χ0v) is 29.2. The summed E-state index contributed by atoms with van der Waals surface area (Å²) in [6, 6.07) is 48.7.